The SMILES string of the molecule is Cc1ccc(C)c(-n2nnnc2SC[C@@H](O)COc2c(C)ccc(C)c2C)c1. The third-order valence-corrected chi connectivity index (χ3v) is 5.80. The molecule has 1 atom stereocenters. The van der Waals surface area contributed by atoms with Gasteiger partial charge in [0.1, 0.15) is 12.4 Å². The Morgan fingerprint density at radius 1 is 1.04 bits per heavy atom. The summed E-state index contributed by atoms with van der Waals surface area (Å²) in [7, 11) is 0. The molecule has 0 radical (unpaired) electrons. The topological polar surface area (TPSA) is 73.1 Å². The van der Waals surface area contributed by atoms with Crippen LogP contribution in [-0.4, -0.2) is 43.8 Å². The maximum Gasteiger partial charge on any atom is 0.214 e. The number of aryl methyl sites for hydroxylation is 4. The van der Waals surface area contributed by atoms with E-state index in [4.69, 9.17) is 4.74 Å². The number of aliphatic hydroxyl groups excluding tert-OH is 1. The summed E-state index contributed by atoms with van der Waals surface area (Å²) in [5, 5.41) is 23.1. The van der Waals surface area contributed by atoms with Crippen LogP contribution in [0.5, 0.6) is 5.75 Å². The molecule has 0 fully saturated rings. The van der Waals surface area contributed by atoms with E-state index >= 15 is 0 Å². The van der Waals surface area contributed by atoms with Crippen LogP contribution in [0, 0.1) is 34.6 Å². The normalized spacial score (nSPS) is 12.2. The van der Waals surface area contributed by atoms with E-state index in [1.807, 2.05) is 33.8 Å². The smallest absolute Gasteiger partial charge is 0.214 e. The van der Waals surface area contributed by atoms with Gasteiger partial charge < -0.3 is 9.84 Å². The first-order valence-corrected chi connectivity index (χ1v) is 10.2. The summed E-state index contributed by atoms with van der Waals surface area (Å²) >= 11 is 1.41. The number of aliphatic hydroxyl groups is 1. The fourth-order valence-electron chi connectivity index (χ4n) is 2.91. The molecule has 0 saturated carbocycles. The van der Waals surface area contributed by atoms with Crippen molar-refractivity contribution < 1.29 is 9.84 Å². The van der Waals surface area contributed by atoms with Crippen LogP contribution in [0.2, 0.25) is 0 Å². The standard InChI is InChI=1S/C21H26N4O2S/c1-13-6-7-15(3)19(10-13)25-21(22-23-24-25)28-12-18(26)11-27-20-16(4)9-8-14(2)17(20)5/h6-10,18,26H,11-12H2,1-5H3/t18-/m0/s1. The molecule has 1 N–H and O–H groups in total. The average molecular weight is 399 g/mol. The minimum absolute atomic E-state index is 0.225. The van der Waals surface area contributed by atoms with Crippen LogP contribution in [0.1, 0.15) is 27.8 Å². The monoisotopic (exact) mass is 398 g/mol. The molecule has 0 aliphatic carbocycles. The van der Waals surface area contributed by atoms with Crippen molar-refractivity contribution in [2.24, 2.45) is 0 Å². The van der Waals surface area contributed by atoms with Gasteiger partial charge >= 0.3 is 0 Å². The first-order chi connectivity index (χ1) is 13.4. The van der Waals surface area contributed by atoms with Crippen molar-refractivity contribution in [1.29, 1.82) is 0 Å². The Labute approximate surface area is 169 Å². The molecular formula is C21H26N4O2S. The Morgan fingerprint density at radius 3 is 2.54 bits per heavy atom. The largest absolute Gasteiger partial charge is 0.490 e. The molecule has 148 valence electrons. The van der Waals surface area contributed by atoms with Crippen molar-refractivity contribution in [3.8, 4) is 11.4 Å². The predicted molar refractivity (Wildman–Crippen MR) is 112 cm³/mol. The number of nitrogens with zero attached hydrogens (tertiary/aromatic N) is 4. The highest BCUT2D eigenvalue weighted by Crippen LogP contribution is 2.26. The van der Waals surface area contributed by atoms with Crippen LogP contribution in [0.3, 0.4) is 0 Å². The number of thioether (sulfide) groups is 1. The number of aromatic nitrogens is 4. The molecule has 1 heterocycles. The minimum atomic E-state index is -0.631. The van der Waals surface area contributed by atoms with Gasteiger partial charge in [0.05, 0.1) is 11.8 Å². The summed E-state index contributed by atoms with van der Waals surface area (Å²) in [5.41, 5.74) is 6.54. The van der Waals surface area contributed by atoms with Gasteiger partial charge in [-0.15, -0.1) is 5.10 Å². The molecule has 0 aliphatic heterocycles. The molecule has 0 amide bonds. The molecule has 1 aromatic heterocycles. The van der Waals surface area contributed by atoms with Gasteiger partial charge in [0.2, 0.25) is 5.16 Å². The zero-order valence-corrected chi connectivity index (χ0v) is 17.7. The van der Waals surface area contributed by atoms with Gasteiger partial charge in [-0.3, -0.25) is 0 Å². The summed E-state index contributed by atoms with van der Waals surface area (Å²) in [4.78, 5) is 0. The number of rotatable bonds is 7. The highest BCUT2D eigenvalue weighted by Gasteiger charge is 2.15. The van der Waals surface area contributed by atoms with Crippen molar-refractivity contribution in [2.75, 3.05) is 12.4 Å². The van der Waals surface area contributed by atoms with Gasteiger partial charge in [0.15, 0.2) is 0 Å². The number of tetrazole rings is 1. The van der Waals surface area contributed by atoms with E-state index in [0.29, 0.717) is 10.9 Å². The highest BCUT2D eigenvalue weighted by atomic mass is 32.2. The van der Waals surface area contributed by atoms with E-state index in [-0.39, 0.29) is 6.61 Å². The van der Waals surface area contributed by atoms with E-state index in [1.54, 1.807) is 4.68 Å². The first-order valence-electron chi connectivity index (χ1n) is 9.23. The minimum Gasteiger partial charge on any atom is -0.490 e. The lowest BCUT2D eigenvalue weighted by molar-refractivity contribution is 0.125. The van der Waals surface area contributed by atoms with Gasteiger partial charge in [0, 0.05) is 5.75 Å². The van der Waals surface area contributed by atoms with E-state index < -0.39 is 6.10 Å². The maximum atomic E-state index is 10.4. The summed E-state index contributed by atoms with van der Waals surface area (Å²) in [6.07, 6.45) is -0.631. The average Bonchev–Trinajstić information content (AvgIpc) is 3.13. The quantitative estimate of drug-likeness (QED) is 0.611. The van der Waals surface area contributed by atoms with Crippen molar-refractivity contribution in [3.63, 3.8) is 0 Å². The van der Waals surface area contributed by atoms with E-state index in [1.165, 1.54) is 17.3 Å². The third kappa shape index (κ3) is 4.54. The summed E-state index contributed by atoms with van der Waals surface area (Å²) in [5.74, 6) is 1.29. The summed E-state index contributed by atoms with van der Waals surface area (Å²) in [6.45, 7) is 10.4. The second kappa shape index (κ2) is 8.75. The zero-order valence-electron chi connectivity index (χ0n) is 16.9. The molecule has 3 aromatic rings. The maximum absolute atomic E-state index is 10.4. The number of hydrogen-bond donors (Lipinski definition) is 1. The molecular weight excluding hydrogens is 372 g/mol. The molecule has 6 nitrogen and oxygen atoms in total. The molecule has 0 aliphatic rings. The Kier molecular flexibility index (Phi) is 6.36. The van der Waals surface area contributed by atoms with Crippen LogP contribution < -0.4 is 4.74 Å². The fraction of sp³-hybridized carbons (Fsp3) is 0.381. The predicted octanol–water partition coefficient (Wildman–Crippen LogP) is 3.74. The molecule has 0 unspecified atom stereocenters. The van der Waals surface area contributed by atoms with Crippen LogP contribution in [-0.2, 0) is 0 Å². The van der Waals surface area contributed by atoms with Gasteiger partial charge in [-0.1, -0.05) is 36.0 Å². The lowest BCUT2D eigenvalue weighted by Crippen LogP contribution is -2.21. The lowest BCUT2D eigenvalue weighted by Gasteiger charge is -2.16. The Balaban J connectivity index is 1.64. The molecule has 0 bridgehead atoms. The Bertz CT molecular complexity index is 971. The number of ether oxygens (including phenoxy) is 1. The van der Waals surface area contributed by atoms with Gasteiger partial charge in [-0.25, -0.2) is 0 Å². The van der Waals surface area contributed by atoms with Crippen LogP contribution in [0.4, 0.5) is 0 Å². The molecule has 0 spiro atoms. The van der Waals surface area contributed by atoms with Gasteiger partial charge in [0.25, 0.3) is 0 Å². The third-order valence-electron chi connectivity index (χ3n) is 4.73. The zero-order chi connectivity index (χ0) is 20.3. The van der Waals surface area contributed by atoms with E-state index in [2.05, 4.69) is 46.7 Å². The molecule has 0 saturated heterocycles. The lowest BCUT2D eigenvalue weighted by atomic mass is 10.1. The summed E-state index contributed by atoms with van der Waals surface area (Å²) < 4.78 is 7.63. The van der Waals surface area contributed by atoms with Gasteiger partial charge in [-0.05, 0) is 78.9 Å². The van der Waals surface area contributed by atoms with E-state index in [9.17, 15) is 5.11 Å². The van der Waals surface area contributed by atoms with Crippen molar-refractivity contribution in [2.45, 2.75) is 45.9 Å². The summed E-state index contributed by atoms with van der Waals surface area (Å²) in [6, 6.07) is 10.3. The molecule has 2 aromatic carbocycles. The second-order valence-corrected chi connectivity index (χ2v) is 8.08. The van der Waals surface area contributed by atoms with Crippen molar-refractivity contribution >= 4 is 11.8 Å². The van der Waals surface area contributed by atoms with Gasteiger partial charge in [-0.2, -0.15) is 4.68 Å². The second-order valence-electron chi connectivity index (χ2n) is 7.09. The first kappa shape index (κ1) is 20.4. The van der Waals surface area contributed by atoms with Crippen molar-refractivity contribution in [1.82, 2.24) is 20.2 Å². The Morgan fingerprint density at radius 2 is 1.75 bits per heavy atom. The van der Waals surface area contributed by atoms with E-state index in [0.717, 1.165) is 33.7 Å². The van der Waals surface area contributed by atoms with Crippen LogP contribution in [0.25, 0.3) is 5.69 Å². The highest BCUT2D eigenvalue weighted by molar-refractivity contribution is 7.99. The van der Waals surface area contributed by atoms with Crippen LogP contribution in [0.15, 0.2) is 35.5 Å². The van der Waals surface area contributed by atoms with Crippen LogP contribution >= 0.6 is 11.8 Å². The number of hydrogen-bond acceptors (Lipinski definition) is 6. The molecule has 3 rings (SSSR count). The Hall–Kier alpha value is -2.38. The number of benzene rings is 2. The fourth-order valence-corrected chi connectivity index (χ4v) is 3.70. The van der Waals surface area contributed by atoms with Crippen molar-refractivity contribution in [3.05, 3.63) is 58.1 Å². The molecule has 7 heteroatoms. The molecule has 28 heavy (non-hydrogen) atoms.